The zero-order chi connectivity index (χ0) is 30.3. The van der Waals surface area contributed by atoms with Crippen LogP contribution in [0.5, 0.6) is 0 Å². The van der Waals surface area contributed by atoms with Gasteiger partial charge in [-0.05, 0) is 32.8 Å². The maximum Gasteiger partial charge on any atom is 0.375 e. The number of ether oxygens (including phenoxy) is 4. The molecule has 1 aromatic heterocycles. The summed E-state index contributed by atoms with van der Waals surface area (Å²) in [5.74, 6) is -5.62. The Labute approximate surface area is 236 Å². The van der Waals surface area contributed by atoms with Crippen molar-refractivity contribution in [1.29, 1.82) is 0 Å². The second-order valence-electron chi connectivity index (χ2n) is 9.08. The third kappa shape index (κ3) is 6.56. The van der Waals surface area contributed by atoms with E-state index < -0.39 is 46.7 Å². The average Bonchev–Trinajstić information content (AvgIpc) is 3.40. The van der Waals surface area contributed by atoms with E-state index in [1.54, 1.807) is 24.0 Å². The predicted molar refractivity (Wildman–Crippen MR) is 141 cm³/mol. The van der Waals surface area contributed by atoms with E-state index in [9.17, 15) is 28.8 Å². The van der Waals surface area contributed by atoms with E-state index >= 15 is 0 Å². The molecule has 1 atom stereocenters. The van der Waals surface area contributed by atoms with Crippen LogP contribution in [0.1, 0.15) is 68.3 Å². The molecule has 0 bridgehead atoms. The molecule has 2 aromatic rings. The Kier molecular flexibility index (Phi) is 10.2. The lowest BCUT2D eigenvalue weighted by Gasteiger charge is -2.32. The van der Waals surface area contributed by atoms with Crippen molar-refractivity contribution < 1.29 is 52.1 Å². The van der Waals surface area contributed by atoms with Crippen LogP contribution in [0.15, 0.2) is 28.7 Å². The topological polar surface area (TPSA) is 168 Å². The lowest BCUT2D eigenvalue weighted by molar-refractivity contribution is -0.149. The van der Waals surface area contributed by atoms with Gasteiger partial charge in [-0.25, -0.2) is 14.4 Å². The van der Waals surface area contributed by atoms with Gasteiger partial charge >= 0.3 is 23.9 Å². The quantitative estimate of drug-likeness (QED) is 0.345. The third-order valence-electron chi connectivity index (χ3n) is 6.62. The number of furan rings is 1. The minimum absolute atomic E-state index is 0.0118. The first-order valence-corrected chi connectivity index (χ1v) is 12.9. The zero-order valence-electron chi connectivity index (χ0n) is 23.4. The summed E-state index contributed by atoms with van der Waals surface area (Å²) in [6.45, 7) is 3.68. The van der Waals surface area contributed by atoms with Gasteiger partial charge in [-0.1, -0.05) is 18.2 Å². The Hall–Kier alpha value is -4.68. The summed E-state index contributed by atoms with van der Waals surface area (Å²) in [5.41, 5.74) is -0.908. The Morgan fingerprint density at radius 2 is 1.54 bits per heavy atom. The molecule has 41 heavy (non-hydrogen) atoms. The first-order valence-electron chi connectivity index (χ1n) is 12.9. The van der Waals surface area contributed by atoms with E-state index in [4.69, 9.17) is 23.4 Å². The van der Waals surface area contributed by atoms with Crippen molar-refractivity contribution in [2.45, 2.75) is 32.7 Å². The van der Waals surface area contributed by atoms with Crippen LogP contribution in [0.3, 0.4) is 0 Å². The highest BCUT2D eigenvalue weighted by molar-refractivity contribution is 6.14. The van der Waals surface area contributed by atoms with Crippen LogP contribution >= 0.6 is 0 Å². The van der Waals surface area contributed by atoms with Crippen molar-refractivity contribution in [1.82, 2.24) is 10.2 Å². The number of rotatable bonds is 9. The first kappa shape index (κ1) is 30.9. The molecule has 13 nitrogen and oxygen atoms in total. The van der Waals surface area contributed by atoms with Gasteiger partial charge in [0, 0.05) is 18.7 Å². The van der Waals surface area contributed by atoms with E-state index in [1.807, 2.05) is 0 Å². The molecule has 220 valence electrons. The number of carbonyl (C=O) groups is 6. The lowest BCUT2D eigenvalue weighted by atomic mass is 9.96. The molecule has 0 aliphatic carbocycles. The molecule has 1 aliphatic heterocycles. The molecule has 3 rings (SSSR count). The number of amides is 2. The van der Waals surface area contributed by atoms with Crippen molar-refractivity contribution in [2.24, 2.45) is 5.92 Å². The fourth-order valence-corrected chi connectivity index (χ4v) is 4.55. The molecule has 1 unspecified atom stereocenters. The number of methoxy groups -OCH3 is 3. The van der Waals surface area contributed by atoms with Crippen LogP contribution in [0, 0.1) is 5.92 Å². The number of benzene rings is 1. The van der Waals surface area contributed by atoms with Gasteiger partial charge in [-0.2, -0.15) is 0 Å². The summed E-state index contributed by atoms with van der Waals surface area (Å²) in [6, 6.07) is 5.03. The molecule has 0 spiro atoms. The largest absolute Gasteiger partial charge is 0.469 e. The van der Waals surface area contributed by atoms with Crippen LogP contribution < -0.4 is 5.32 Å². The highest BCUT2D eigenvalue weighted by Crippen LogP contribution is 2.35. The number of hydrogen-bond acceptors (Lipinski definition) is 11. The van der Waals surface area contributed by atoms with E-state index in [2.05, 4.69) is 5.32 Å². The maximum atomic E-state index is 13.4. The van der Waals surface area contributed by atoms with E-state index in [0.29, 0.717) is 25.9 Å². The smallest absolute Gasteiger partial charge is 0.375 e. The summed E-state index contributed by atoms with van der Waals surface area (Å²) >= 11 is 0. The number of nitrogens with zero attached hydrogens (tertiary/aromatic N) is 1. The van der Waals surface area contributed by atoms with Gasteiger partial charge in [0.15, 0.2) is 5.76 Å². The molecule has 13 heteroatoms. The molecule has 1 fully saturated rings. The highest BCUT2D eigenvalue weighted by atomic mass is 16.6. The number of esters is 4. The Morgan fingerprint density at radius 3 is 2.12 bits per heavy atom. The van der Waals surface area contributed by atoms with Crippen LogP contribution in [-0.4, -0.2) is 87.7 Å². The second kappa shape index (κ2) is 13.6. The van der Waals surface area contributed by atoms with Gasteiger partial charge in [0.2, 0.25) is 11.7 Å². The molecule has 1 saturated heterocycles. The summed E-state index contributed by atoms with van der Waals surface area (Å²) in [5, 5.41) is 2.65. The third-order valence-corrected chi connectivity index (χ3v) is 6.62. The summed E-state index contributed by atoms with van der Waals surface area (Å²) < 4.78 is 25.1. The normalized spacial score (nSPS) is 14.0. The van der Waals surface area contributed by atoms with Crippen molar-refractivity contribution in [3.8, 4) is 11.3 Å². The van der Waals surface area contributed by atoms with Crippen LogP contribution in [0.2, 0.25) is 0 Å². The SMILES string of the molecule is CCOC(=O)c1oc(-c2ccccc2C(=O)NC(C)C(=O)N2CCC(C(=O)OC)CC2)c(C(=O)OC)c1C(=O)OC. The van der Waals surface area contributed by atoms with Crippen LogP contribution in [0.4, 0.5) is 0 Å². The first-order chi connectivity index (χ1) is 19.6. The molecule has 0 radical (unpaired) electrons. The monoisotopic (exact) mass is 572 g/mol. The molecule has 1 aliphatic rings. The minimum atomic E-state index is -1.06. The van der Waals surface area contributed by atoms with Crippen LogP contribution in [-0.2, 0) is 28.5 Å². The van der Waals surface area contributed by atoms with E-state index in [-0.39, 0.29) is 41.3 Å². The standard InChI is InChI=1S/C28H32N2O11/c1-6-40-28(36)22-20(27(35)39-5)19(26(34)38-4)21(41-22)17-9-7-8-10-18(17)23(31)29-15(2)24(32)30-13-11-16(12-14-30)25(33)37-3/h7-10,15-16H,6,11-14H2,1-5H3,(H,29,31). The predicted octanol–water partition coefficient (Wildman–Crippen LogP) is 2.23. The molecule has 0 saturated carbocycles. The minimum Gasteiger partial charge on any atom is -0.469 e. The number of nitrogens with one attached hydrogen (secondary N) is 1. The Bertz CT molecular complexity index is 1340. The van der Waals surface area contributed by atoms with Gasteiger partial charge in [0.25, 0.3) is 5.91 Å². The van der Waals surface area contributed by atoms with Gasteiger partial charge in [-0.3, -0.25) is 14.4 Å². The number of likely N-dealkylation sites (tertiary alicyclic amines) is 1. The van der Waals surface area contributed by atoms with Crippen LogP contribution in [0.25, 0.3) is 11.3 Å². The number of piperidine rings is 1. The molecular formula is C28H32N2O11. The van der Waals surface area contributed by atoms with E-state index in [1.165, 1.54) is 26.2 Å². The fourth-order valence-electron chi connectivity index (χ4n) is 4.55. The number of hydrogen-bond donors (Lipinski definition) is 1. The zero-order valence-corrected chi connectivity index (χ0v) is 23.4. The molecule has 2 amide bonds. The van der Waals surface area contributed by atoms with Crippen molar-refractivity contribution >= 4 is 35.7 Å². The van der Waals surface area contributed by atoms with Gasteiger partial charge < -0.3 is 33.6 Å². The van der Waals surface area contributed by atoms with Gasteiger partial charge in [-0.15, -0.1) is 0 Å². The van der Waals surface area contributed by atoms with Gasteiger partial charge in [0.05, 0.1) is 39.4 Å². The summed E-state index contributed by atoms with van der Waals surface area (Å²) in [4.78, 5) is 77.9. The molecular weight excluding hydrogens is 540 g/mol. The molecule has 1 aromatic carbocycles. The lowest BCUT2D eigenvalue weighted by Crippen LogP contribution is -2.50. The van der Waals surface area contributed by atoms with Gasteiger partial charge in [0.1, 0.15) is 17.2 Å². The summed E-state index contributed by atoms with van der Waals surface area (Å²) in [7, 11) is 3.45. The van der Waals surface area contributed by atoms with Crippen molar-refractivity contribution in [3.05, 3.63) is 46.7 Å². The number of carbonyl (C=O) groups excluding carboxylic acids is 6. The maximum absolute atomic E-state index is 13.4. The molecule has 1 N–H and O–H groups in total. The molecule has 2 heterocycles. The van der Waals surface area contributed by atoms with Crippen molar-refractivity contribution in [2.75, 3.05) is 41.0 Å². The second-order valence-corrected chi connectivity index (χ2v) is 9.08. The fraction of sp³-hybridized carbons (Fsp3) is 0.429. The van der Waals surface area contributed by atoms with Crippen molar-refractivity contribution in [3.63, 3.8) is 0 Å². The average molecular weight is 573 g/mol. The Morgan fingerprint density at radius 1 is 0.927 bits per heavy atom. The van der Waals surface area contributed by atoms with E-state index in [0.717, 1.165) is 14.2 Å². The summed E-state index contributed by atoms with van der Waals surface area (Å²) in [6.07, 6.45) is 0.893. The Balaban J connectivity index is 1.95. The highest BCUT2D eigenvalue weighted by Gasteiger charge is 2.37.